The predicted octanol–water partition coefficient (Wildman–Crippen LogP) is 1.46. The van der Waals surface area contributed by atoms with Crippen molar-refractivity contribution in [1.29, 1.82) is 0 Å². The van der Waals surface area contributed by atoms with Crippen molar-refractivity contribution in [3.63, 3.8) is 0 Å². The molecule has 0 bridgehead atoms. The Morgan fingerprint density at radius 3 is 2.86 bits per heavy atom. The number of nitrogens with one attached hydrogen (secondary N) is 1. The fourth-order valence-electron chi connectivity index (χ4n) is 2.10. The van der Waals surface area contributed by atoms with Gasteiger partial charge in [-0.3, -0.25) is 0 Å². The molecule has 2 aromatic rings. The van der Waals surface area contributed by atoms with Gasteiger partial charge in [0, 0.05) is 25.2 Å². The highest BCUT2D eigenvalue weighted by Crippen LogP contribution is 2.13. The van der Waals surface area contributed by atoms with Gasteiger partial charge in [-0.1, -0.05) is 18.2 Å². The Hall–Kier alpha value is -2.28. The minimum Gasteiger partial charge on any atom is -0.378 e. The monoisotopic (exact) mass is 289 g/mol. The zero-order chi connectivity index (χ0) is 14.5. The summed E-state index contributed by atoms with van der Waals surface area (Å²) in [6.45, 7) is 3.18. The fourth-order valence-corrected chi connectivity index (χ4v) is 2.10. The second-order valence-corrected chi connectivity index (χ2v) is 4.69. The highest BCUT2D eigenvalue weighted by Gasteiger charge is 2.14. The normalized spacial score (nSPS) is 15.0. The van der Waals surface area contributed by atoms with Crippen LogP contribution >= 0.6 is 0 Å². The number of anilines is 2. The van der Waals surface area contributed by atoms with Crippen LogP contribution in [0.5, 0.6) is 0 Å². The second kappa shape index (κ2) is 6.45. The summed E-state index contributed by atoms with van der Waals surface area (Å²) in [4.78, 5) is 6.42. The van der Waals surface area contributed by atoms with E-state index in [1.807, 2.05) is 4.90 Å². The molecule has 1 aromatic heterocycles. The molecule has 0 unspecified atom stereocenters. The largest absolute Gasteiger partial charge is 0.378 e. The molecule has 0 atom stereocenters. The average molecular weight is 289 g/mol. The fraction of sp³-hybridized carbons (Fsp3) is 0.357. The highest BCUT2D eigenvalue weighted by atomic mass is 19.1. The van der Waals surface area contributed by atoms with Crippen molar-refractivity contribution < 1.29 is 9.13 Å². The first-order chi connectivity index (χ1) is 10.3. The first-order valence-electron chi connectivity index (χ1n) is 6.82. The lowest BCUT2D eigenvalue weighted by Gasteiger charge is -2.26. The van der Waals surface area contributed by atoms with Gasteiger partial charge in [0.15, 0.2) is 5.82 Å². The standard InChI is InChI=1S/C14H16FN5O/c15-12-4-2-1-3-11(12)9-16-13-10-17-19-14(18-13)20-5-7-21-8-6-20/h1-4,10H,5-9H2,(H,16,18,19). The van der Waals surface area contributed by atoms with Crippen LogP contribution in [0.15, 0.2) is 30.5 Å². The zero-order valence-electron chi connectivity index (χ0n) is 11.5. The first kappa shape index (κ1) is 13.7. The predicted molar refractivity (Wildman–Crippen MR) is 76.6 cm³/mol. The number of benzene rings is 1. The number of nitrogens with zero attached hydrogens (tertiary/aromatic N) is 4. The van der Waals surface area contributed by atoms with Crippen LogP contribution < -0.4 is 10.2 Å². The zero-order valence-corrected chi connectivity index (χ0v) is 11.5. The Balaban J connectivity index is 1.67. The molecule has 1 aliphatic heterocycles. The summed E-state index contributed by atoms with van der Waals surface area (Å²) in [6, 6.07) is 6.65. The van der Waals surface area contributed by atoms with E-state index in [-0.39, 0.29) is 5.82 Å². The molecular weight excluding hydrogens is 273 g/mol. The summed E-state index contributed by atoms with van der Waals surface area (Å²) in [7, 11) is 0. The lowest BCUT2D eigenvalue weighted by molar-refractivity contribution is 0.122. The maximum atomic E-state index is 13.6. The Labute approximate surface area is 122 Å². The lowest BCUT2D eigenvalue weighted by Crippen LogP contribution is -2.37. The molecular formula is C14H16FN5O. The number of aromatic nitrogens is 3. The maximum Gasteiger partial charge on any atom is 0.247 e. The van der Waals surface area contributed by atoms with E-state index >= 15 is 0 Å². The maximum absolute atomic E-state index is 13.6. The van der Waals surface area contributed by atoms with Crippen molar-refractivity contribution in [2.24, 2.45) is 0 Å². The third-order valence-electron chi connectivity index (χ3n) is 3.26. The third-order valence-corrected chi connectivity index (χ3v) is 3.26. The molecule has 0 amide bonds. The van der Waals surface area contributed by atoms with E-state index in [1.165, 1.54) is 12.3 Å². The molecule has 3 rings (SSSR count). The van der Waals surface area contributed by atoms with Gasteiger partial charge in [0.1, 0.15) is 5.82 Å². The number of morpholine rings is 1. The summed E-state index contributed by atoms with van der Waals surface area (Å²) in [6.07, 6.45) is 1.53. The van der Waals surface area contributed by atoms with Gasteiger partial charge in [0.25, 0.3) is 0 Å². The lowest BCUT2D eigenvalue weighted by atomic mass is 10.2. The topological polar surface area (TPSA) is 63.2 Å². The van der Waals surface area contributed by atoms with Gasteiger partial charge in [-0.05, 0) is 6.07 Å². The molecule has 110 valence electrons. The summed E-state index contributed by atoms with van der Waals surface area (Å²) in [5.74, 6) is 0.909. The van der Waals surface area contributed by atoms with E-state index in [0.29, 0.717) is 37.1 Å². The molecule has 0 saturated carbocycles. The minimum absolute atomic E-state index is 0.236. The number of rotatable bonds is 4. The SMILES string of the molecule is Fc1ccccc1CNc1cnnc(N2CCOCC2)n1. The molecule has 7 heteroatoms. The highest BCUT2D eigenvalue weighted by molar-refractivity contribution is 5.39. The molecule has 0 radical (unpaired) electrons. The van der Waals surface area contributed by atoms with Crippen molar-refractivity contribution in [2.75, 3.05) is 36.5 Å². The van der Waals surface area contributed by atoms with Gasteiger partial charge in [-0.25, -0.2) is 4.39 Å². The number of hydrogen-bond acceptors (Lipinski definition) is 6. The summed E-state index contributed by atoms with van der Waals surface area (Å²) in [5.41, 5.74) is 0.587. The third kappa shape index (κ3) is 3.43. The number of hydrogen-bond donors (Lipinski definition) is 1. The summed E-state index contributed by atoms with van der Waals surface area (Å²) < 4.78 is 18.8. The molecule has 6 nitrogen and oxygen atoms in total. The van der Waals surface area contributed by atoms with Crippen LogP contribution in [0.25, 0.3) is 0 Å². The number of ether oxygens (including phenoxy) is 1. The van der Waals surface area contributed by atoms with Crippen LogP contribution in [-0.4, -0.2) is 41.5 Å². The van der Waals surface area contributed by atoms with Crippen LogP contribution in [0.4, 0.5) is 16.2 Å². The van der Waals surface area contributed by atoms with E-state index < -0.39 is 0 Å². The molecule has 21 heavy (non-hydrogen) atoms. The Morgan fingerprint density at radius 2 is 2.05 bits per heavy atom. The van der Waals surface area contributed by atoms with E-state index in [9.17, 15) is 4.39 Å². The average Bonchev–Trinajstić information content (AvgIpc) is 2.55. The smallest absolute Gasteiger partial charge is 0.247 e. The van der Waals surface area contributed by atoms with Crippen molar-refractivity contribution in [3.05, 3.63) is 41.8 Å². The van der Waals surface area contributed by atoms with Crippen molar-refractivity contribution in [2.45, 2.75) is 6.54 Å². The quantitative estimate of drug-likeness (QED) is 0.919. The van der Waals surface area contributed by atoms with Crippen molar-refractivity contribution >= 4 is 11.8 Å². The Kier molecular flexibility index (Phi) is 4.20. The van der Waals surface area contributed by atoms with Gasteiger partial charge < -0.3 is 15.0 Å². The van der Waals surface area contributed by atoms with Crippen LogP contribution in [-0.2, 0) is 11.3 Å². The van der Waals surface area contributed by atoms with Crippen LogP contribution in [0.3, 0.4) is 0 Å². The Morgan fingerprint density at radius 1 is 1.24 bits per heavy atom. The van der Waals surface area contributed by atoms with E-state index in [2.05, 4.69) is 20.5 Å². The molecule has 2 heterocycles. The second-order valence-electron chi connectivity index (χ2n) is 4.69. The minimum atomic E-state index is -0.236. The van der Waals surface area contributed by atoms with Gasteiger partial charge in [0.05, 0.1) is 19.4 Å². The molecule has 1 aromatic carbocycles. The summed E-state index contributed by atoms with van der Waals surface area (Å²) in [5, 5.41) is 11.0. The van der Waals surface area contributed by atoms with Gasteiger partial charge >= 0.3 is 0 Å². The van der Waals surface area contributed by atoms with Gasteiger partial charge in [0.2, 0.25) is 5.95 Å². The van der Waals surface area contributed by atoms with E-state index in [0.717, 1.165) is 13.1 Å². The van der Waals surface area contributed by atoms with Gasteiger partial charge in [-0.2, -0.15) is 10.1 Å². The van der Waals surface area contributed by atoms with Crippen LogP contribution in [0.1, 0.15) is 5.56 Å². The van der Waals surface area contributed by atoms with Crippen molar-refractivity contribution in [1.82, 2.24) is 15.2 Å². The van der Waals surface area contributed by atoms with Gasteiger partial charge in [-0.15, -0.1) is 5.10 Å². The first-order valence-corrected chi connectivity index (χ1v) is 6.82. The molecule has 1 saturated heterocycles. The summed E-state index contributed by atoms with van der Waals surface area (Å²) >= 11 is 0. The van der Waals surface area contributed by atoms with E-state index in [1.54, 1.807) is 18.2 Å². The van der Waals surface area contributed by atoms with E-state index in [4.69, 9.17) is 4.74 Å². The molecule has 1 fully saturated rings. The molecule has 0 spiro atoms. The molecule has 1 aliphatic rings. The molecule has 0 aliphatic carbocycles. The Bertz CT molecular complexity index is 603. The van der Waals surface area contributed by atoms with Crippen molar-refractivity contribution in [3.8, 4) is 0 Å². The van der Waals surface area contributed by atoms with Crippen LogP contribution in [0, 0.1) is 5.82 Å². The molecule has 1 N–H and O–H groups in total. The number of halogens is 1. The van der Waals surface area contributed by atoms with Crippen LogP contribution in [0.2, 0.25) is 0 Å².